The van der Waals surface area contributed by atoms with E-state index in [4.69, 9.17) is 0 Å². The fraction of sp³-hybridized carbons (Fsp3) is 0.500. The molecule has 1 aromatic heterocycles. The van der Waals surface area contributed by atoms with Gasteiger partial charge in [-0.2, -0.15) is 0 Å². The summed E-state index contributed by atoms with van der Waals surface area (Å²) in [5.41, 5.74) is 0.963. The van der Waals surface area contributed by atoms with Gasteiger partial charge in [0.2, 0.25) is 0 Å². The van der Waals surface area contributed by atoms with Crippen molar-refractivity contribution < 1.29 is 0 Å². The standard InChI is InChI=1S/C16H23N3S2/c1-15(2,3)20-12-10-18-13-11(8-7-9-17-13)19-14(12)21-16(4,5)6/h7-10,19H,1-6H3. The first-order valence-electron chi connectivity index (χ1n) is 7.02. The lowest BCUT2D eigenvalue weighted by Gasteiger charge is -2.24. The number of nitrogens with one attached hydrogen (secondary N) is 1. The van der Waals surface area contributed by atoms with Crippen LogP contribution in [-0.2, 0) is 0 Å². The van der Waals surface area contributed by atoms with Gasteiger partial charge in [0, 0.05) is 21.9 Å². The van der Waals surface area contributed by atoms with Crippen LogP contribution in [0.3, 0.4) is 0 Å². The lowest BCUT2D eigenvalue weighted by Crippen LogP contribution is -2.14. The second kappa shape index (κ2) is 6.05. The predicted octanol–water partition coefficient (Wildman–Crippen LogP) is 5.44. The molecule has 0 amide bonds. The quantitative estimate of drug-likeness (QED) is 0.786. The minimum atomic E-state index is 0.132. The van der Waals surface area contributed by atoms with Crippen molar-refractivity contribution in [2.75, 3.05) is 5.32 Å². The van der Waals surface area contributed by atoms with Gasteiger partial charge in [0.25, 0.3) is 0 Å². The van der Waals surface area contributed by atoms with Gasteiger partial charge in [0.05, 0.1) is 15.6 Å². The normalized spacial score (nSPS) is 15.5. The first-order chi connectivity index (χ1) is 9.64. The van der Waals surface area contributed by atoms with Crippen LogP contribution in [0, 0.1) is 0 Å². The van der Waals surface area contributed by atoms with Gasteiger partial charge in [-0.05, 0) is 12.1 Å². The molecule has 0 bridgehead atoms. The largest absolute Gasteiger partial charge is 0.346 e. The molecule has 0 atom stereocenters. The maximum Gasteiger partial charge on any atom is 0.175 e. The zero-order valence-corrected chi connectivity index (χ0v) is 15.2. The Morgan fingerprint density at radius 2 is 1.67 bits per heavy atom. The van der Waals surface area contributed by atoms with Gasteiger partial charge in [-0.1, -0.05) is 41.5 Å². The number of fused-ring (bicyclic) bond motifs is 1. The molecule has 0 radical (unpaired) electrons. The molecule has 0 unspecified atom stereocenters. The summed E-state index contributed by atoms with van der Waals surface area (Å²) in [7, 11) is 0. The summed E-state index contributed by atoms with van der Waals surface area (Å²) >= 11 is 3.66. The van der Waals surface area contributed by atoms with Crippen LogP contribution in [0.2, 0.25) is 0 Å². The predicted molar refractivity (Wildman–Crippen MR) is 97.7 cm³/mol. The van der Waals surface area contributed by atoms with Gasteiger partial charge in [-0.15, -0.1) is 23.5 Å². The summed E-state index contributed by atoms with van der Waals surface area (Å²) in [6, 6.07) is 3.95. The summed E-state index contributed by atoms with van der Waals surface area (Å²) in [5, 5.41) is 4.67. The number of anilines is 1. The average Bonchev–Trinajstić information content (AvgIpc) is 2.46. The van der Waals surface area contributed by atoms with Gasteiger partial charge < -0.3 is 5.32 Å². The van der Waals surface area contributed by atoms with E-state index < -0.39 is 0 Å². The Labute approximate surface area is 136 Å². The number of rotatable bonds is 2. The highest BCUT2D eigenvalue weighted by Gasteiger charge is 2.23. The minimum absolute atomic E-state index is 0.132. The third-order valence-electron chi connectivity index (χ3n) is 2.39. The smallest absolute Gasteiger partial charge is 0.175 e. The van der Waals surface area contributed by atoms with Crippen molar-refractivity contribution in [1.29, 1.82) is 0 Å². The van der Waals surface area contributed by atoms with Crippen LogP contribution in [0.15, 0.2) is 33.3 Å². The Hall–Kier alpha value is -0.940. The number of allylic oxidation sites excluding steroid dienone is 1. The van der Waals surface area contributed by atoms with Crippen LogP contribution in [0.1, 0.15) is 41.5 Å². The van der Waals surface area contributed by atoms with Crippen molar-refractivity contribution >= 4 is 41.2 Å². The molecular formula is C16H23N3S2. The third kappa shape index (κ3) is 5.08. The van der Waals surface area contributed by atoms with Gasteiger partial charge >= 0.3 is 0 Å². The second-order valence-electron chi connectivity index (χ2n) is 6.88. The molecule has 0 aromatic carbocycles. The number of aliphatic imine (C=N–C) groups is 1. The molecule has 0 fully saturated rings. The number of pyridine rings is 1. The molecule has 1 aliphatic heterocycles. The van der Waals surface area contributed by atoms with Gasteiger partial charge in [0.1, 0.15) is 0 Å². The summed E-state index contributed by atoms with van der Waals surface area (Å²) < 4.78 is 0.267. The van der Waals surface area contributed by atoms with E-state index in [9.17, 15) is 0 Å². The molecule has 21 heavy (non-hydrogen) atoms. The zero-order chi connectivity index (χ0) is 15.7. The lowest BCUT2D eigenvalue weighted by atomic mass is 10.3. The van der Waals surface area contributed by atoms with E-state index in [1.165, 1.54) is 4.91 Å². The number of aromatic nitrogens is 1. The van der Waals surface area contributed by atoms with Crippen LogP contribution < -0.4 is 5.32 Å². The fourth-order valence-electron chi connectivity index (χ4n) is 1.74. The van der Waals surface area contributed by atoms with E-state index in [1.54, 1.807) is 6.20 Å². The lowest BCUT2D eigenvalue weighted by molar-refractivity contribution is 0.804. The second-order valence-corrected chi connectivity index (χ2v) is 10.6. The molecule has 2 heterocycles. The first kappa shape index (κ1) is 16.4. The molecule has 0 aliphatic carbocycles. The topological polar surface area (TPSA) is 37.3 Å². The summed E-state index contributed by atoms with van der Waals surface area (Å²) in [4.78, 5) is 10.0. The molecule has 1 aromatic rings. The molecule has 2 rings (SSSR count). The monoisotopic (exact) mass is 321 g/mol. The average molecular weight is 322 g/mol. The van der Waals surface area contributed by atoms with Crippen molar-refractivity contribution in [2.24, 2.45) is 4.99 Å². The Kier molecular flexibility index (Phi) is 4.73. The first-order valence-corrected chi connectivity index (χ1v) is 8.66. The Morgan fingerprint density at radius 1 is 1.00 bits per heavy atom. The van der Waals surface area contributed by atoms with Crippen LogP contribution in [0.5, 0.6) is 0 Å². The SMILES string of the molecule is CC(C)(C)SC1=C(SC(C)(C)C)Nc2cccnc2N=C1. The van der Waals surface area contributed by atoms with E-state index in [0.29, 0.717) is 0 Å². The van der Waals surface area contributed by atoms with E-state index in [0.717, 1.165) is 16.5 Å². The Bertz CT molecular complexity index is 578. The van der Waals surface area contributed by atoms with Gasteiger partial charge in [-0.25, -0.2) is 9.98 Å². The maximum absolute atomic E-state index is 4.54. The van der Waals surface area contributed by atoms with Crippen LogP contribution >= 0.6 is 23.5 Å². The number of thioether (sulfide) groups is 2. The summed E-state index contributed by atoms with van der Waals surface area (Å²) in [5.74, 6) is 0.744. The minimum Gasteiger partial charge on any atom is -0.346 e. The Balaban J connectivity index is 2.41. The van der Waals surface area contributed by atoms with Gasteiger partial charge in [-0.3, -0.25) is 0 Å². The van der Waals surface area contributed by atoms with Crippen molar-refractivity contribution in [1.82, 2.24) is 4.98 Å². The van der Waals surface area contributed by atoms with E-state index >= 15 is 0 Å². The van der Waals surface area contributed by atoms with Gasteiger partial charge in [0.15, 0.2) is 5.82 Å². The van der Waals surface area contributed by atoms with Crippen LogP contribution in [0.4, 0.5) is 11.5 Å². The molecule has 0 saturated heterocycles. The third-order valence-corrected chi connectivity index (χ3v) is 4.80. The van der Waals surface area contributed by atoms with E-state index in [-0.39, 0.29) is 9.49 Å². The Morgan fingerprint density at radius 3 is 2.29 bits per heavy atom. The van der Waals surface area contributed by atoms with Crippen molar-refractivity contribution in [2.45, 2.75) is 51.0 Å². The molecule has 114 valence electrons. The molecule has 5 heteroatoms. The number of hydrogen-bond donors (Lipinski definition) is 1. The molecule has 0 spiro atoms. The highest BCUT2D eigenvalue weighted by Crippen LogP contribution is 2.42. The highest BCUT2D eigenvalue weighted by molar-refractivity contribution is 8.08. The van der Waals surface area contributed by atoms with Crippen molar-refractivity contribution in [3.8, 4) is 0 Å². The molecule has 1 N–H and O–H groups in total. The molecular weight excluding hydrogens is 298 g/mol. The molecule has 0 saturated carbocycles. The number of nitrogens with zero attached hydrogens (tertiary/aromatic N) is 2. The van der Waals surface area contributed by atoms with Crippen LogP contribution in [0.25, 0.3) is 0 Å². The summed E-state index contributed by atoms with van der Waals surface area (Å²) in [6.45, 7) is 13.3. The number of hydrogen-bond acceptors (Lipinski definition) is 5. The fourth-order valence-corrected chi connectivity index (χ4v) is 3.83. The van der Waals surface area contributed by atoms with E-state index in [2.05, 4.69) is 56.8 Å². The molecule has 3 nitrogen and oxygen atoms in total. The molecule has 1 aliphatic rings. The summed E-state index contributed by atoms with van der Waals surface area (Å²) in [6.07, 6.45) is 3.71. The van der Waals surface area contributed by atoms with Crippen molar-refractivity contribution in [3.63, 3.8) is 0 Å². The van der Waals surface area contributed by atoms with Crippen LogP contribution in [-0.4, -0.2) is 20.7 Å². The van der Waals surface area contributed by atoms with E-state index in [1.807, 2.05) is 41.9 Å². The highest BCUT2D eigenvalue weighted by atomic mass is 32.2. The van der Waals surface area contributed by atoms with Crippen molar-refractivity contribution in [3.05, 3.63) is 28.3 Å². The zero-order valence-electron chi connectivity index (χ0n) is 13.5. The maximum atomic E-state index is 4.54.